The van der Waals surface area contributed by atoms with E-state index >= 15 is 0 Å². The Balaban J connectivity index is 2.47. The van der Waals surface area contributed by atoms with E-state index in [9.17, 15) is 9.59 Å². The Morgan fingerprint density at radius 2 is 2.25 bits per heavy atom. The van der Waals surface area contributed by atoms with Crippen molar-refractivity contribution in [3.05, 3.63) is 28.0 Å². The van der Waals surface area contributed by atoms with Gasteiger partial charge >= 0.3 is 12.0 Å². The highest BCUT2D eigenvalue weighted by Gasteiger charge is 2.09. The Morgan fingerprint density at radius 3 is 2.90 bits per heavy atom. The van der Waals surface area contributed by atoms with Crippen LogP contribution in [0, 0.1) is 0 Å². The Hall–Kier alpha value is -1.82. The lowest BCUT2D eigenvalue weighted by molar-refractivity contribution is -0.131. The fourth-order valence-electron chi connectivity index (χ4n) is 1.55. The van der Waals surface area contributed by atoms with Crippen LogP contribution in [0.15, 0.2) is 17.5 Å². The molecule has 0 spiro atoms. The number of hydrogen-bond acceptors (Lipinski definition) is 3. The van der Waals surface area contributed by atoms with Crippen LogP contribution in [0.3, 0.4) is 0 Å². The van der Waals surface area contributed by atoms with E-state index in [1.807, 2.05) is 11.4 Å². The largest absolute Gasteiger partial charge is 0.478 e. The van der Waals surface area contributed by atoms with Crippen LogP contribution in [0.5, 0.6) is 0 Å². The monoisotopic (exact) mass is 296 g/mol. The first-order valence-corrected chi connectivity index (χ1v) is 7.38. The Bertz CT molecular complexity index is 483. The third-order valence-electron chi connectivity index (χ3n) is 2.64. The van der Waals surface area contributed by atoms with Gasteiger partial charge in [0.2, 0.25) is 0 Å². The maximum absolute atomic E-state index is 11.8. The molecule has 0 unspecified atom stereocenters. The van der Waals surface area contributed by atoms with Crippen LogP contribution in [0.25, 0.3) is 6.08 Å². The number of amides is 2. The molecule has 0 saturated heterocycles. The number of rotatable bonds is 7. The SMILES string of the molecule is CCCCNC(=O)N(C)Cc1cc(C=CC(=O)O)cs1. The molecular formula is C14H20N2O3S. The lowest BCUT2D eigenvalue weighted by Crippen LogP contribution is -2.37. The fraction of sp³-hybridized carbons (Fsp3) is 0.429. The molecule has 110 valence electrons. The van der Waals surface area contributed by atoms with Crippen molar-refractivity contribution in [2.24, 2.45) is 0 Å². The van der Waals surface area contributed by atoms with Crippen molar-refractivity contribution in [2.75, 3.05) is 13.6 Å². The van der Waals surface area contributed by atoms with E-state index < -0.39 is 5.97 Å². The van der Waals surface area contributed by atoms with E-state index in [0.29, 0.717) is 13.1 Å². The minimum Gasteiger partial charge on any atom is -0.478 e. The number of carbonyl (C=O) groups excluding carboxylic acids is 1. The van der Waals surface area contributed by atoms with Gasteiger partial charge in [-0.1, -0.05) is 13.3 Å². The number of hydrogen-bond donors (Lipinski definition) is 2. The van der Waals surface area contributed by atoms with E-state index in [-0.39, 0.29) is 6.03 Å². The first-order chi connectivity index (χ1) is 9.52. The van der Waals surface area contributed by atoms with Gasteiger partial charge in [0, 0.05) is 24.5 Å². The van der Waals surface area contributed by atoms with E-state index in [1.54, 1.807) is 18.0 Å². The molecule has 0 atom stereocenters. The van der Waals surface area contributed by atoms with Crippen molar-refractivity contribution >= 4 is 29.4 Å². The summed E-state index contributed by atoms with van der Waals surface area (Å²) in [6.45, 7) is 3.29. The quantitative estimate of drug-likeness (QED) is 0.600. The van der Waals surface area contributed by atoms with Crippen LogP contribution in [-0.2, 0) is 11.3 Å². The van der Waals surface area contributed by atoms with Crippen molar-refractivity contribution in [3.8, 4) is 0 Å². The second kappa shape index (κ2) is 8.37. The van der Waals surface area contributed by atoms with Gasteiger partial charge in [-0.25, -0.2) is 9.59 Å². The molecule has 0 aliphatic heterocycles. The second-order valence-corrected chi connectivity index (χ2v) is 5.46. The first kappa shape index (κ1) is 16.2. The number of carboxylic acid groups (broad SMARTS) is 1. The zero-order valence-corrected chi connectivity index (χ0v) is 12.6. The molecule has 2 amide bonds. The normalized spacial score (nSPS) is 10.7. The zero-order valence-electron chi connectivity index (χ0n) is 11.8. The van der Waals surface area contributed by atoms with Gasteiger partial charge in [-0.15, -0.1) is 11.3 Å². The Kier molecular flexibility index (Phi) is 6.79. The van der Waals surface area contributed by atoms with E-state index in [4.69, 9.17) is 5.11 Å². The lowest BCUT2D eigenvalue weighted by atomic mass is 10.3. The molecule has 20 heavy (non-hydrogen) atoms. The molecule has 2 N–H and O–H groups in total. The third kappa shape index (κ3) is 5.88. The molecule has 5 nitrogen and oxygen atoms in total. The number of nitrogens with zero attached hydrogens (tertiary/aromatic N) is 1. The molecule has 1 rings (SSSR count). The summed E-state index contributed by atoms with van der Waals surface area (Å²) in [4.78, 5) is 24.8. The predicted octanol–water partition coefficient (Wildman–Crippen LogP) is 2.79. The molecule has 0 fully saturated rings. The number of unbranched alkanes of at least 4 members (excludes halogenated alkanes) is 1. The predicted molar refractivity (Wildman–Crippen MR) is 80.8 cm³/mol. The number of carbonyl (C=O) groups is 2. The fourth-order valence-corrected chi connectivity index (χ4v) is 2.45. The van der Waals surface area contributed by atoms with Gasteiger partial charge in [0.05, 0.1) is 6.54 Å². The molecule has 0 aliphatic rings. The average Bonchev–Trinajstić information content (AvgIpc) is 2.84. The van der Waals surface area contributed by atoms with Gasteiger partial charge in [-0.3, -0.25) is 0 Å². The van der Waals surface area contributed by atoms with Crippen molar-refractivity contribution in [1.82, 2.24) is 10.2 Å². The molecule has 0 aliphatic carbocycles. The summed E-state index contributed by atoms with van der Waals surface area (Å²) < 4.78 is 0. The van der Waals surface area contributed by atoms with Gasteiger partial charge in [-0.05, 0) is 29.5 Å². The minimum absolute atomic E-state index is 0.0884. The summed E-state index contributed by atoms with van der Waals surface area (Å²) in [7, 11) is 1.74. The van der Waals surface area contributed by atoms with E-state index in [1.165, 1.54) is 11.3 Å². The summed E-state index contributed by atoms with van der Waals surface area (Å²) in [5.41, 5.74) is 0.840. The molecule has 0 bridgehead atoms. The van der Waals surface area contributed by atoms with Crippen LogP contribution in [0.1, 0.15) is 30.2 Å². The smallest absolute Gasteiger partial charge is 0.328 e. The number of carboxylic acids is 1. The minimum atomic E-state index is -0.967. The van der Waals surface area contributed by atoms with Crippen molar-refractivity contribution in [3.63, 3.8) is 0 Å². The maximum atomic E-state index is 11.8. The number of nitrogens with one attached hydrogen (secondary N) is 1. The maximum Gasteiger partial charge on any atom is 0.328 e. The van der Waals surface area contributed by atoms with Crippen LogP contribution in [0.2, 0.25) is 0 Å². The van der Waals surface area contributed by atoms with Gasteiger partial charge in [0.15, 0.2) is 0 Å². The van der Waals surface area contributed by atoms with Crippen LogP contribution >= 0.6 is 11.3 Å². The zero-order chi connectivity index (χ0) is 15.0. The van der Waals surface area contributed by atoms with E-state index in [2.05, 4.69) is 12.2 Å². The molecule has 1 aromatic rings. The summed E-state index contributed by atoms with van der Waals surface area (Å²) in [6.07, 6.45) is 4.67. The first-order valence-electron chi connectivity index (χ1n) is 6.50. The average molecular weight is 296 g/mol. The molecular weight excluding hydrogens is 276 g/mol. The van der Waals surface area contributed by atoms with Crippen molar-refractivity contribution in [1.29, 1.82) is 0 Å². The van der Waals surface area contributed by atoms with Crippen LogP contribution < -0.4 is 5.32 Å². The van der Waals surface area contributed by atoms with Gasteiger partial charge < -0.3 is 15.3 Å². The highest BCUT2D eigenvalue weighted by molar-refractivity contribution is 7.10. The highest BCUT2D eigenvalue weighted by atomic mass is 32.1. The molecule has 0 radical (unpaired) electrons. The van der Waals surface area contributed by atoms with Crippen LogP contribution in [-0.4, -0.2) is 35.6 Å². The second-order valence-electron chi connectivity index (χ2n) is 4.46. The van der Waals surface area contributed by atoms with E-state index in [0.717, 1.165) is 29.4 Å². The standard InChI is InChI=1S/C14H20N2O3S/c1-3-4-7-15-14(19)16(2)9-12-8-11(10-20-12)5-6-13(17)18/h5-6,8,10H,3-4,7,9H2,1-2H3,(H,15,19)(H,17,18). The third-order valence-corrected chi connectivity index (χ3v) is 3.58. The molecule has 0 aromatic carbocycles. The van der Waals surface area contributed by atoms with Gasteiger partial charge in [0.25, 0.3) is 0 Å². The van der Waals surface area contributed by atoms with Gasteiger partial charge in [0.1, 0.15) is 0 Å². The lowest BCUT2D eigenvalue weighted by Gasteiger charge is -2.16. The summed E-state index contributed by atoms with van der Waals surface area (Å²) >= 11 is 1.51. The molecule has 6 heteroatoms. The number of thiophene rings is 1. The Labute approximate surface area is 122 Å². The van der Waals surface area contributed by atoms with Crippen molar-refractivity contribution < 1.29 is 14.7 Å². The summed E-state index contributed by atoms with van der Waals surface area (Å²) in [5, 5.41) is 13.3. The highest BCUT2D eigenvalue weighted by Crippen LogP contribution is 2.17. The van der Waals surface area contributed by atoms with Crippen molar-refractivity contribution in [2.45, 2.75) is 26.3 Å². The molecule has 1 heterocycles. The van der Waals surface area contributed by atoms with Gasteiger partial charge in [-0.2, -0.15) is 0 Å². The summed E-state index contributed by atoms with van der Waals surface area (Å²) in [5.74, 6) is -0.967. The topological polar surface area (TPSA) is 69.6 Å². The number of urea groups is 1. The summed E-state index contributed by atoms with van der Waals surface area (Å²) in [6, 6.07) is 1.80. The van der Waals surface area contributed by atoms with Crippen LogP contribution in [0.4, 0.5) is 4.79 Å². The number of aliphatic carboxylic acids is 1. The Morgan fingerprint density at radius 1 is 1.50 bits per heavy atom. The molecule has 0 saturated carbocycles. The molecule has 1 aromatic heterocycles.